The van der Waals surface area contributed by atoms with E-state index in [1.165, 1.54) is 11.9 Å². The van der Waals surface area contributed by atoms with Crippen LogP contribution in [-0.4, -0.2) is 43.9 Å². The zero-order chi connectivity index (χ0) is 17.2. The number of aromatic amines is 1. The maximum Gasteiger partial charge on any atom is 0.241 e. The summed E-state index contributed by atoms with van der Waals surface area (Å²) >= 11 is 0. The molecule has 0 bridgehead atoms. The summed E-state index contributed by atoms with van der Waals surface area (Å²) in [5.74, 6) is 3.01. The zero-order valence-corrected chi connectivity index (χ0v) is 14.2. The van der Waals surface area contributed by atoms with Crippen LogP contribution in [0.4, 0.5) is 0 Å². The van der Waals surface area contributed by atoms with E-state index in [1.807, 2.05) is 12.1 Å². The van der Waals surface area contributed by atoms with Gasteiger partial charge < -0.3 is 9.26 Å². The second-order valence-corrected chi connectivity index (χ2v) is 6.41. The number of benzene rings is 1. The Labute approximate surface area is 145 Å². The lowest BCUT2D eigenvalue weighted by atomic mass is 10.0. The number of nitrogens with one attached hydrogen (secondary N) is 1. The Kier molecular flexibility index (Phi) is 4.19. The first kappa shape index (κ1) is 15.8. The van der Waals surface area contributed by atoms with E-state index in [9.17, 15) is 0 Å². The van der Waals surface area contributed by atoms with Crippen molar-refractivity contribution in [3.63, 3.8) is 0 Å². The van der Waals surface area contributed by atoms with E-state index >= 15 is 0 Å². The molecule has 2 atom stereocenters. The molecule has 0 spiro atoms. The van der Waals surface area contributed by atoms with Gasteiger partial charge in [-0.3, -0.25) is 10.00 Å². The average molecular weight is 340 g/mol. The van der Waals surface area contributed by atoms with Crippen molar-refractivity contribution in [1.29, 1.82) is 0 Å². The smallest absolute Gasteiger partial charge is 0.241 e. The van der Waals surface area contributed by atoms with Crippen LogP contribution in [-0.2, 0) is 6.54 Å². The van der Waals surface area contributed by atoms with Crippen LogP contribution in [0.25, 0.3) is 11.6 Å². The second kappa shape index (κ2) is 6.64. The summed E-state index contributed by atoms with van der Waals surface area (Å²) in [6.45, 7) is 3.88. The molecule has 4 rings (SSSR count). The van der Waals surface area contributed by atoms with Crippen molar-refractivity contribution in [2.45, 2.75) is 25.9 Å². The fraction of sp³-hybridized carbons (Fsp3) is 0.412. The SMILES string of the molecule is COc1ccc([C@@H]2C[C@H](C)CN2Cc2nc(-c3ncn[nH]3)no2)cc1. The Balaban J connectivity index is 1.51. The standard InChI is InChI=1S/C17H20N6O2/c1-11-7-14(12-3-5-13(24-2)6-4-12)23(8-11)9-15-20-17(22-25-15)16-18-10-19-21-16/h3-6,10-11,14H,7-9H2,1-2H3,(H,18,19,21)/t11-,14-/m0/s1. The van der Waals surface area contributed by atoms with Crippen LogP contribution in [0.2, 0.25) is 0 Å². The summed E-state index contributed by atoms with van der Waals surface area (Å²) in [7, 11) is 1.68. The van der Waals surface area contributed by atoms with Crippen molar-refractivity contribution >= 4 is 0 Å². The van der Waals surface area contributed by atoms with E-state index in [-0.39, 0.29) is 0 Å². The van der Waals surface area contributed by atoms with Gasteiger partial charge in [-0.15, -0.1) is 0 Å². The quantitative estimate of drug-likeness (QED) is 0.762. The van der Waals surface area contributed by atoms with Crippen LogP contribution < -0.4 is 4.74 Å². The van der Waals surface area contributed by atoms with Crippen LogP contribution in [0.15, 0.2) is 35.1 Å². The molecule has 1 saturated heterocycles. The lowest BCUT2D eigenvalue weighted by molar-refractivity contribution is 0.210. The Bertz CT molecular complexity index is 814. The largest absolute Gasteiger partial charge is 0.497 e. The molecule has 2 aromatic heterocycles. The summed E-state index contributed by atoms with van der Waals surface area (Å²) < 4.78 is 10.6. The average Bonchev–Trinajstić information content (AvgIpc) is 3.36. The molecule has 1 N–H and O–H groups in total. The first-order chi connectivity index (χ1) is 12.2. The molecule has 1 aliphatic rings. The molecule has 0 unspecified atom stereocenters. The van der Waals surface area contributed by atoms with Gasteiger partial charge in [-0.2, -0.15) is 10.1 Å². The molecule has 3 aromatic rings. The highest BCUT2D eigenvalue weighted by Gasteiger charge is 2.32. The molecule has 130 valence electrons. The molecule has 1 aliphatic heterocycles. The molecule has 0 saturated carbocycles. The summed E-state index contributed by atoms with van der Waals surface area (Å²) in [5.41, 5.74) is 1.28. The zero-order valence-electron chi connectivity index (χ0n) is 14.2. The van der Waals surface area contributed by atoms with Crippen LogP contribution in [0.5, 0.6) is 5.75 Å². The number of likely N-dealkylation sites (tertiary alicyclic amines) is 1. The second-order valence-electron chi connectivity index (χ2n) is 6.41. The van der Waals surface area contributed by atoms with E-state index in [0.29, 0.717) is 36.0 Å². The number of methoxy groups -OCH3 is 1. The molecular weight excluding hydrogens is 320 g/mol. The number of ether oxygens (including phenoxy) is 1. The van der Waals surface area contributed by atoms with Gasteiger partial charge in [0.15, 0.2) is 5.82 Å². The van der Waals surface area contributed by atoms with Crippen LogP contribution >= 0.6 is 0 Å². The van der Waals surface area contributed by atoms with Crippen molar-refractivity contribution in [1.82, 2.24) is 30.2 Å². The lowest BCUT2D eigenvalue weighted by Gasteiger charge is -2.23. The Morgan fingerprint density at radius 3 is 2.88 bits per heavy atom. The van der Waals surface area contributed by atoms with Gasteiger partial charge in [0.05, 0.1) is 13.7 Å². The Morgan fingerprint density at radius 1 is 1.32 bits per heavy atom. The molecule has 25 heavy (non-hydrogen) atoms. The summed E-state index contributed by atoms with van der Waals surface area (Å²) in [4.78, 5) is 10.8. The minimum Gasteiger partial charge on any atom is -0.497 e. The van der Waals surface area contributed by atoms with Gasteiger partial charge in [0.2, 0.25) is 11.7 Å². The molecular formula is C17H20N6O2. The first-order valence-corrected chi connectivity index (χ1v) is 8.29. The summed E-state index contributed by atoms with van der Waals surface area (Å²) in [6, 6.07) is 8.60. The predicted molar refractivity (Wildman–Crippen MR) is 89.6 cm³/mol. The molecule has 0 aliphatic carbocycles. The molecule has 0 radical (unpaired) electrons. The molecule has 1 aromatic carbocycles. The third-order valence-corrected chi connectivity index (χ3v) is 4.55. The summed E-state index contributed by atoms with van der Waals surface area (Å²) in [6.07, 6.45) is 2.53. The lowest BCUT2D eigenvalue weighted by Crippen LogP contribution is -2.23. The third-order valence-electron chi connectivity index (χ3n) is 4.55. The van der Waals surface area contributed by atoms with Gasteiger partial charge in [0, 0.05) is 12.6 Å². The van der Waals surface area contributed by atoms with Gasteiger partial charge in [0.1, 0.15) is 12.1 Å². The van der Waals surface area contributed by atoms with Crippen LogP contribution in [0.1, 0.15) is 30.8 Å². The monoisotopic (exact) mass is 340 g/mol. The molecule has 8 nitrogen and oxygen atoms in total. The molecule has 1 fully saturated rings. The molecule has 3 heterocycles. The normalized spacial score (nSPS) is 20.9. The van der Waals surface area contributed by atoms with Crippen molar-refractivity contribution in [2.24, 2.45) is 5.92 Å². The maximum atomic E-state index is 5.40. The van der Waals surface area contributed by atoms with Gasteiger partial charge >= 0.3 is 0 Å². The third kappa shape index (κ3) is 3.25. The highest BCUT2D eigenvalue weighted by Crippen LogP contribution is 2.36. The van der Waals surface area contributed by atoms with Crippen molar-refractivity contribution in [3.8, 4) is 17.4 Å². The number of aromatic nitrogens is 5. The number of H-pyrrole nitrogens is 1. The fourth-order valence-electron chi connectivity index (χ4n) is 3.38. The fourth-order valence-corrected chi connectivity index (χ4v) is 3.38. The van der Waals surface area contributed by atoms with Gasteiger partial charge in [0.25, 0.3) is 0 Å². The highest BCUT2D eigenvalue weighted by atomic mass is 16.5. The van der Waals surface area contributed by atoms with E-state index in [2.05, 4.69) is 49.3 Å². The topological polar surface area (TPSA) is 93.0 Å². The van der Waals surface area contributed by atoms with E-state index in [0.717, 1.165) is 18.7 Å². The number of nitrogens with zero attached hydrogens (tertiary/aromatic N) is 5. The van der Waals surface area contributed by atoms with Gasteiger partial charge in [-0.1, -0.05) is 24.2 Å². The number of hydrogen-bond acceptors (Lipinski definition) is 7. The molecule has 0 amide bonds. The van der Waals surface area contributed by atoms with Crippen molar-refractivity contribution in [3.05, 3.63) is 42.0 Å². The Hall–Kier alpha value is -2.74. The molecule has 8 heteroatoms. The van der Waals surface area contributed by atoms with Crippen LogP contribution in [0, 0.1) is 5.92 Å². The number of rotatable bonds is 5. The van der Waals surface area contributed by atoms with Gasteiger partial charge in [-0.25, -0.2) is 4.98 Å². The van der Waals surface area contributed by atoms with E-state index in [1.54, 1.807) is 7.11 Å². The minimum atomic E-state index is 0.335. The van der Waals surface area contributed by atoms with E-state index < -0.39 is 0 Å². The van der Waals surface area contributed by atoms with Crippen molar-refractivity contribution < 1.29 is 9.26 Å². The Morgan fingerprint density at radius 2 is 2.16 bits per heavy atom. The van der Waals surface area contributed by atoms with E-state index in [4.69, 9.17) is 9.26 Å². The first-order valence-electron chi connectivity index (χ1n) is 8.29. The minimum absolute atomic E-state index is 0.335. The predicted octanol–water partition coefficient (Wildman–Crippen LogP) is 2.45. The van der Waals surface area contributed by atoms with Crippen molar-refractivity contribution in [2.75, 3.05) is 13.7 Å². The summed E-state index contributed by atoms with van der Waals surface area (Å²) in [5, 5.41) is 10.5. The van der Waals surface area contributed by atoms with Crippen LogP contribution in [0.3, 0.4) is 0 Å². The number of hydrogen-bond donors (Lipinski definition) is 1. The maximum absolute atomic E-state index is 5.40. The highest BCUT2D eigenvalue weighted by molar-refractivity contribution is 5.39. The van der Waals surface area contributed by atoms with Gasteiger partial charge in [-0.05, 0) is 30.0 Å².